The molecule has 0 atom stereocenters. The summed E-state index contributed by atoms with van der Waals surface area (Å²) in [7, 11) is 4.65. The van der Waals surface area contributed by atoms with Crippen LogP contribution in [-0.2, 0) is 4.79 Å². The van der Waals surface area contributed by atoms with Crippen LogP contribution in [0, 0.1) is 0 Å². The zero-order chi connectivity index (χ0) is 15.9. The predicted octanol–water partition coefficient (Wildman–Crippen LogP) is 2.14. The van der Waals surface area contributed by atoms with Crippen LogP contribution in [0.3, 0.4) is 0 Å². The fourth-order valence-corrected chi connectivity index (χ4v) is 2.67. The SMILES string of the molecule is COc1cc(NC(=O)CN2CCCCC2)cc(OC)c1OC. The van der Waals surface area contributed by atoms with Crippen molar-refractivity contribution in [3.63, 3.8) is 0 Å². The van der Waals surface area contributed by atoms with Gasteiger partial charge in [-0.15, -0.1) is 0 Å². The second-order valence-electron chi connectivity index (χ2n) is 5.30. The number of ether oxygens (including phenoxy) is 3. The summed E-state index contributed by atoms with van der Waals surface area (Å²) in [6.07, 6.45) is 3.58. The Hall–Kier alpha value is -1.95. The average Bonchev–Trinajstić information content (AvgIpc) is 2.54. The molecule has 6 heteroatoms. The Balaban J connectivity index is 2.06. The number of amides is 1. The Morgan fingerprint density at radius 3 is 2.14 bits per heavy atom. The highest BCUT2D eigenvalue weighted by Gasteiger charge is 2.17. The maximum atomic E-state index is 12.2. The number of nitrogens with zero attached hydrogens (tertiary/aromatic N) is 1. The molecule has 0 spiro atoms. The van der Waals surface area contributed by atoms with Crippen LogP contribution in [0.15, 0.2) is 12.1 Å². The Bertz CT molecular complexity index is 488. The van der Waals surface area contributed by atoms with Crippen LogP contribution in [-0.4, -0.2) is 51.8 Å². The van der Waals surface area contributed by atoms with Gasteiger partial charge in [-0.25, -0.2) is 0 Å². The third-order valence-corrected chi connectivity index (χ3v) is 3.76. The maximum absolute atomic E-state index is 12.2. The van der Waals surface area contributed by atoms with Crippen molar-refractivity contribution in [2.45, 2.75) is 19.3 Å². The minimum absolute atomic E-state index is 0.0313. The number of methoxy groups -OCH3 is 3. The summed E-state index contributed by atoms with van der Waals surface area (Å²) in [5, 5.41) is 2.89. The lowest BCUT2D eigenvalue weighted by atomic mass is 10.1. The Morgan fingerprint density at radius 2 is 1.64 bits per heavy atom. The highest BCUT2D eigenvalue weighted by Crippen LogP contribution is 2.39. The predicted molar refractivity (Wildman–Crippen MR) is 85.0 cm³/mol. The molecule has 22 heavy (non-hydrogen) atoms. The first kappa shape index (κ1) is 16.4. The highest BCUT2D eigenvalue weighted by atomic mass is 16.5. The molecule has 1 aliphatic heterocycles. The monoisotopic (exact) mass is 308 g/mol. The summed E-state index contributed by atoms with van der Waals surface area (Å²) >= 11 is 0. The van der Waals surface area contributed by atoms with Gasteiger partial charge in [-0.3, -0.25) is 9.69 Å². The van der Waals surface area contributed by atoms with Crippen molar-refractivity contribution in [2.24, 2.45) is 0 Å². The summed E-state index contributed by atoms with van der Waals surface area (Å²) in [6.45, 7) is 2.39. The second-order valence-corrected chi connectivity index (χ2v) is 5.30. The van der Waals surface area contributed by atoms with Crippen LogP contribution >= 0.6 is 0 Å². The number of carbonyl (C=O) groups is 1. The molecular formula is C16H24N2O4. The van der Waals surface area contributed by atoms with Gasteiger partial charge in [0, 0.05) is 17.8 Å². The van der Waals surface area contributed by atoms with E-state index < -0.39 is 0 Å². The third-order valence-electron chi connectivity index (χ3n) is 3.76. The van der Waals surface area contributed by atoms with E-state index in [-0.39, 0.29) is 5.91 Å². The molecule has 1 aromatic rings. The Morgan fingerprint density at radius 1 is 1.05 bits per heavy atom. The molecule has 1 aromatic carbocycles. The molecule has 1 saturated heterocycles. The molecule has 0 saturated carbocycles. The van der Waals surface area contributed by atoms with Crippen LogP contribution in [0.5, 0.6) is 17.2 Å². The number of piperidine rings is 1. The van der Waals surface area contributed by atoms with Gasteiger partial charge < -0.3 is 19.5 Å². The van der Waals surface area contributed by atoms with E-state index in [9.17, 15) is 4.79 Å². The molecule has 2 rings (SSSR count). The number of nitrogens with one attached hydrogen (secondary N) is 1. The molecule has 0 unspecified atom stereocenters. The molecule has 0 aromatic heterocycles. The first-order chi connectivity index (χ1) is 10.7. The molecule has 0 radical (unpaired) electrons. The zero-order valence-corrected chi connectivity index (χ0v) is 13.5. The van der Waals surface area contributed by atoms with E-state index in [0.29, 0.717) is 29.5 Å². The van der Waals surface area contributed by atoms with E-state index in [1.165, 1.54) is 6.42 Å². The smallest absolute Gasteiger partial charge is 0.238 e. The minimum atomic E-state index is -0.0313. The van der Waals surface area contributed by atoms with Gasteiger partial charge in [0.1, 0.15) is 0 Å². The van der Waals surface area contributed by atoms with E-state index in [0.717, 1.165) is 25.9 Å². The van der Waals surface area contributed by atoms with Gasteiger partial charge in [-0.05, 0) is 25.9 Å². The van der Waals surface area contributed by atoms with Gasteiger partial charge in [0.05, 0.1) is 27.9 Å². The normalized spacial score (nSPS) is 15.2. The molecule has 122 valence electrons. The number of hydrogen-bond donors (Lipinski definition) is 1. The van der Waals surface area contributed by atoms with Crippen molar-refractivity contribution in [3.05, 3.63) is 12.1 Å². The van der Waals surface area contributed by atoms with E-state index in [4.69, 9.17) is 14.2 Å². The molecule has 1 aliphatic rings. The van der Waals surface area contributed by atoms with Gasteiger partial charge in [0.25, 0.3) is 0 Å². The number of rotatable bonds is 6. The van der Waals surface area contributed by atoms with Crippen molar-refractivity contribution >= 4 is 11.6 Å². The quantitative estimate of drug-likeness (QED) is 0.872. The highest BCUT2D eigenvalue weighted by molar-refractivity contribution is 5.93. The number of benzene rings is 1. The number of anilines is 1. The topological polar surface area (TPSA) is 60.0 Å². The van der Waals surface area contributed by atoms with Gasteiger partial charge in [-0.2, -0.15) is 0 Å². The van der Waals surface area contributed by atoms with Gasteiger partial charge in [0.15, 0.2) is 11.5 Å². The second kappa shape index (κ2) is 7.89. The van der Waals surface area contributed by atoms with Gasteiger partial charge in [0.2, 0.25) is 11.7 Å². The van der Waals surface area contributed by atoms with Crippen molar-refractivity contribution in [1.29, 1.82) is 0 Å². The maximum Gasteiger partial charge on any atom is 0.238 e. The van der Waals surface area contributed by atoms with E-state index >= 15 is 0 Å². The average molecular weight is 308 g/mol. The fourth-order valence-electron chi connectivity index (χ4n) is 2.67. The van der Waals surface area contributed by atoms with Crippen molar-refractivity contribution in [3.8, 4) is 17.2 Å². The summed E-state index contributed by atoms with van der Waals surface area (Å²) in [5.41, 5.74) is 0.636. The summed E-state index contributed by atoms with van der Waals surface area (Å²) in [4.78, 5) is 14.3. The minimum Gasteiger partial charge on any atom is -0.493 e. The molecule has 1 N–H and O–H groups in total. The van der Waals surface area contributed by atoms with Crippen molar-refractivity contribution < 1.29 is 19.0 Å². The lowest BCUT2D eigenvalue weighted by Gasteiger charge is -2.25. The molecule has 0 bridgehead atoms. The van der Waals surface area contributed by atoms with Crippen LogP contribution in [0.4, 0.5) is 5.69 Å². The summed E-state index contributed by atoms with van der Waals surface area (Å²) < 4.78 is 15.8. The fraction of sp³-hybridized carbons (Fsp3) is 0.562. The van der Waals surface area contributed by atoms with Gasteiger partial charge >= 0.3 is 0 Å². The van der Waals surface area contributed by atoms with Crippen LogP contribution in [0.1, 0.15) is 19.3 Å². The summed E-state index contributed by atoms with van der Waals surface area (Å²) in [5.74, 6) is 1.53. The van der Waals surface area contributed by atoms with E-state index in [1.54, 1.807) is 33.5 Å². The zero-order valence-electron chi connectivity index (χ0n) is 13.5. The number of hydrogen-bond acceptors (Lipinski definition) is 5. The standard InChI is InChI=1S/C16H24N2O4/c1-20-13-9-12(10-14(21-2)16(13)22-3)17-15(19)11-18-7-5-4-6-8-18/h9-10H,4-8,11H2,1-3H3,(H,17,19). The first-order valence-corrected chi connectivity index (χ1v) is 7.50. The Kier molecular flexibility index (Phi) is 5.89. The lowest BCUT2D eigenvalue weighted by Crippen LogP contribution is -2.36. The first-order valence-electron chi connectivity index (χ1n) is 7.50. The van der Waals surface area contributed by atoms with E-state index in [1.807, 2.05) is 0 Å². The molecule has 0 aliphatic carbocycles. The van der Waals surface area contributed by atoms with Crippen molar-refractivity contribution in [1.82, 2.24) is 4.90 Å². The van der Waals surface area contributed by atoms with Gasteiger partial charge in [-0.1, -0.05) is 6.42 Å². The summed E-state index contributed by atoms with van der Waals surface area (Å²) in [6, 6.07) is 3.46. The Labute approximate surface area is 131 Å². The molecule has 1 amide bonds. The lowest BCUT2D eigenvalue weighted by molar-refractivity contribution is -0.117. The number of likely N-dealkylation sites (tertiary alicyclic amines) is 1. The molecule has 1 heterocycles. The van der Waals surface area contributed by atoms with E-state index in [2.05, 4.69) is 10.2 Å². The van der Waals surface area contributed by atoms with Crippen LogP contribution in [0.25, 0.3) is 0 Å². The van der Waals surface area contributed by atoms with Crippen LogP contribution in [0.2, 0.25) is 0 Å². The molecule has 1 fully saturated rings. The number of carbonyl (C=O) groups excluding carboxylic acids is 1. The van der Waals surface area contributed by atoms with Crippen molar-refractivity contribution in [2.75, 3.05) is 46.3 Å². The van der Waals surface area contributed by atoms with Crippen LogP contribution < -0.4 is 19.5 Å². The largest absolute Gasteiger partial charge is 0.493 e. The third kappa shape index (κ3) is 4.04. The molecule has 6 nitrogen and oxygen atoms in total. The molecular weight excluding hydrogens is 284 g/mol.